The van der Waals surface area contributed by atoms with E-state index in [1.807, 2.05) is 0 Å². The molecule has 0 saturated carbocycles. The van der Waals surface area contributed by atoms with Crippen molar-refractivity contribution < 1.29 is 6.16 Å². The van der Waals surface area contributed by atoms with Crippen molar-refractivity contribution in [3.05, 3.63) is 48.0 Å². The number of benzene rings is 1. The molecule has 1 aromatic carbocycles. The summed E-state index contributed by atoms with van der Waals surface area (Å²) in [5, 5.41) is 0. The predicted octanol–water partition coefficient (Wildman–Crippen LogP) is 4.02. The zero-order valence-corrected chi connectivity index (χ0v) is 9.93. The second kappa shape index (κ2) is 5.86. The van der Waals surface area contributed by atoms with E-state index in [-0.39, 0.29) is 1.43 Å². The highest BCUT2D eigenvalue weighted by atomic mass is 16.5. The lowest BCUT2D eigenvalue weighted by Crippen LogP contribution is -2.20. The Balaban J connectivity index is 0.00000144. The molecule has 1 nitrogen and oxygen atoms in total. The summed E-state index contributed by atoms with van der Waals surface area (Å²) in [4.78, 5) is 0. The zero-order chi connectivity index (χ0) is 11.2. The molecule has 1 aliphatic carbocycles. The van der Waals surface area contributed by atoms with Gasteiger partial charge in [-0.25, -0.2) is 0 Å². The van der Waals surface area contributed by atoms with Gasteiger partial charge in [-0.15, -0.1) is 0 Å². The highest BCUT2D eigenvalue weighted by Gasteiger charge is 2.23. The van der Waals surface area contributed by atoms with E-state index in [9.17, 15) is 0 Å². The van der Waals surface area contributed by atoms with Crippen LogP contribution in [0, 0.1) is 5.92 Å². The van der Waals surface area contributed by atoms with Crippen LogP contribution in [-0.4, -0.2) is 13.2 Å². The van der Waals surface area contributed by atoms with Gasteiger partial charge in [-0.2, -0.15) is 0 Å². The minimum atomic E-state index is 0. The van der Waals surface area contributed by atoms with E-state index in [0.29, 0.717) is 11.8 Å². The molecule has 0 radical (unpaired) electrons. The lowest BCUT2D eigenvalue weighted by Gasteiger charge is -2.28. The average molecular weight is 218 g/mol. The fraction of sp³-hybridized carbons (Fsp3) is 0.467. The highest BCUT2D eigenvalue weighted by Crippen LogP contribution is 2.34. The third kappa shape index (κ3) is 2.73. The van der Waals surface area contributed by atoms with Crippen LogP contribution in [0.3, 0.4) is 0 Å². The smallest absolute Gasteiger partial charge is 0.0503 e. The van der Waals surface area contributed by atoms with Gasteiger partial charge in [0.15, 0.2) is 0 Å². The minimum Gasteiger partial charge on any atom is -0.381 e. The summed E-state index contributed by atoms with van der Waals surface area (Å²) in [6, 6.07) is 10.8. The first kappa shape index (κ1) is 11.4. The Morgan fingerprint density at radius 1 is 1.19 bits per heavy atom. The van der Waals surface area contributed by atoms with E-state index in [1.54, 1.807) is 0 Å². The lowest BCUT2D eigenvalue weighted by molar-refractivity contribution is 0.0987. The maximum Gasteiger partial charge on any atom is 0.0503 e. The quantitative estimate of drug-likeness (QED) is 0.694. The molecule has 0 bridgehead atoms. The van der Waals surface area contributed by atoms with Crippen molar-refractivity contribution in [2.45, 2.75) is 25.7 Å². The van der Waals surface area contributed by atoms with Gasteiger partial charge in [0.25, 0.3) is 0 Å². The first-order chi connectivity index (χ1) is 7.92. The molecule has 0 aromatic heterocycles. The number of allylic oxidation sites excluding steroid dienone is 2. The Labute approximate surface area is 99.6 Å². The Bertz CT molecular complexity index is 334. The molecule has 0 unspecified atom stereocenters. The van der Waals surface area contributed by atoms with Crippen molar-refractivity contribution in [2.24, 2.45) is 5.92 Å². The molecule has 0 saturated heterocycles. The molecular formula is C15H22O. The fourth-order valence-corrected chi connectivity index (χ4v) is 2.43. The van der Waals surface area contributed by atoms with Crippen LogP contribution in [0.15, 0.2) is 42.5 Å². The normalized spacial score (nSPS) is 24.6. The maximum absolute atomic E-state index is 5.59. The Kier molecular flexibility index (Phi) is 4.17. The number of hydrogen-bond donors (Lipinski definition) is 0. The summed E-state index contributed by atoms with van der Waals surface area (Å²) in [7, 11) is 0. The van der Waals surface area contributed by atoms with Gasteiger partial charge in [-0.1, -0.05) is 42.5 Å². The SMILES string of the molecule is CCOC[C@@H]1CC=CC[C@H]1c1ccccc1.[HH]. The summed E-state index contributed by atoms with van der Waals surface area (Å²) in [5.74, 6) is 1.28. The third-order valence-corrected chi connectivity index (χ3v) is 3.33. The van der Waals surface area contributed by atoms with Gasteiger partial charge in [0, 0.05) is 8.03 Å². The monoisotopic (exact) mass is 218 g/mol. The zero-order valence-electron chi connectivity index (χ0n) is 9.93. The van der Waals surface area contributed by atoms with Crippen molar-refractivity contribution in [3.8, 4) is 0 Å². The molecule has 1 heteroatoms. The van der Waals surface area contributed by atoms with Crippen molar-refractivity contribution in [1.29, 1.82) is 0 Å². The molecule has 88 valence electrons. The summed E-state index contributed by atoms with van der Waals surface area (Å²) >= 11 is 0. The molecule has 0 aliphatic heterocycles. The van der Waals surface area contributed by atoms with E-state index >= 15 is 0 Å². The predicted molar refractivity (Wildman–Crippen MR) is 69.7 cm³/mol. The fourth-order valence-electron chi connectivity index (χ4n) is 2.43. The summed E-state index contributed by atoms with van der Waals surface area (Å²) < 4.78 is 5.59. The van der Waals surface area contributed by atoms with Crippen molar-refractivity contribution in [1.82, 2.24) is 0 Å². The molecule has 0 N–H and O–H groups in total. The molecule has 0 amide bonds. The van der Waals surface area contributed by atoms with Gasteiger partial charge >= 0.3 is 0 Å². The standard InChI is InChI=1S/C15H20O.H2/c1-2-16-12-14-10-6-7-11-15(14)13-8-4-3-5-9-13;/h3-9,14-15H,2,10-12H2,1H3;1H/t14-,15-;/m0./s1. The van der Waals surface area contributed by atoms with Gasteiger partial charge < -0.3 is 4.74 Å². The first-order valence-corrected chi connectivity index (χ1v) is 6.19. The molecule has 2 atom stereocenters. The number of rotatable bonds is 4. The Morgan fingerprint density at radius 3 is 2.69 bits per heavy atom. The lowest BCUT2D eigenvalue weighted by atomic mass is 9.79. The van der Waals surface area contributed by atoms with Crippen LogP contribution < -0.4 is 0 Å². The van der Waals surface area contributed by atoms with E-state index in [4.69, 9.17) is 4.74 Å². The molecule has 0 fully saturated rings. The first-order valence-electron chi connectivity index (χ1n) is 6.19. The van der Waals surface area contributed by atoms with Crippen molar-refractivity contribution >= 4 is 0 Å². The van der Waals surface area contributed by atoms with Crippen LogP contribution in [0.25, 0.3) is 0 Å². The van der Waals surface area contributed by atoms with Crippen LogP contribution in [0.2, 0.25) is 0 Å². The molecule has 1 aliphatic rings. The molecule has 16 heavy (non-hydrogen) atoms. The van der Waals surface area contributed by atoms with Gasteiger partial charge in [0.2, 0.25) is 0 Å². The van der Waals surface area contributed by atoms with Gasteiger partial charge in [-0.3, -0.25) is 0 Å². The average Bonchev–Trinajstić information content (AvgIpc) is 2.38. The highest BCUT2D eigenvalue weighted by molar-refractivity contribution is 5.22. The van der Waals surface area contributed by atoms with E-state index < -0.39 is 0 Å². The van der Waals surface area contributed by atoms with Crippen molar-refractivity contribution in [2.75, 3.05) is 13.2 Å². The molecule has 2 rings (SSSR count). The summed E-state index contributed by atoms with van der Waals surface area (Å²) in [6.07, 6.45) is 6.91. The minimum absolute atomic E-state index is 0. The second-order valence-corrected chi connectivity index (χ2v) is 4.38. The van der Waals surface area contributed by atoms with Crippen LogP contribution in [0.4, 0.5) is 0 Å². The van der Waals surface area contributed by atoms with Crippen LogP contribution in [-0.2, 0) is 4.74 Å². The maximum atomic E-state index is 5.59. The number of ether oxygens (including phenoxy) is 1. The summed E-state index contributed by atoms with van der Waals surface area (Å²) in [6.45, 7) is 3.78. The Morgan fingerprint density at radius 2 is 1.94 bits per heavy atom. The van der Waals surface area contributed by atoms with Crippen LogP contribution in [0.5, 0.6) is 0 Å². The molecule has 0 spiro atoms. The van der Waals surface area contributed by atoms with Crippen LogP contribution >= 0.6 is 0 Å². The summed E-state index contributed by atoms with van der Waals surface area (Å²) in [5.41, 5.74) is 1.46. The second-order valence-electron chi connectivity index (χ2n) is 4.38. The topological polar surface area (TPSA) is 9.23 Å². The number of hydrogen-bond acceptors (Lipinski definition) is 1. The van der Waals surface area contributed by atoms with Gasteiger partial charge in [0.05, 0.1) is 6.61 Å². The Hall–Kier alpha value is -1.08. The van der Waals surface area contributed by atoms with Crippen LogP contribution in [0.1, 0.15) is 32.7 Å². The third-order valence-electron chi connectivity index (χ3n) is 3.33. The molecular weight excluding hydrogens is 196 g/mol. The van der Waals surface area contributed by atoms with E-state index in [2.05, 4.69) is 49.4 Å². The van der Waals surface area contributed by atoms with E-state index in [0.717, 1.165) is 26.1 Å². The molecule has 1 aromatic rings. The largest absolute Gasteiger partial charge is 0.381 e. The van der Waals surface area contributed by atoms with Gasteiger partial charge in [-0.05, 0) is 37.2 Å². The van der Waals surface area contributed by atoms with E-state index in [1.165, 1.54) is 5.56 Å². The van der Waals surface area contributed by atoms with Crippen molar-refractivity contribution in [3.63, 3.8) is 0 Å². The molecule has 0 heterocycles. The van der Waals surface area contributed by atoms with Gasteiger partial charge in [0.1, 0.15) is 0 Å².